The fourth-order valence-electron chi connectivity index (χ4n) is 2.53. The van der Waals surface area contributed by atoms with Crippen LogP contribution in [0.25, 0.3) is 5.69 Å². The Balaban J connectivity index is 1.79. The monoisotopic (exact) mass is 287 g/mol. The highest BCUT2D eigenvalue weighted by Crippen LogP contribution is 2.36. The molecule has 0 spiro atoms. The van der Waals surface area contributed by atoms with E-state index in [-0.39, 0.29) is 0 Å². The van der Waals surface area contributed by atoms with E-state index in [0.717, 1.165) is 5.69 Å². The van der Waals surface area contributed by atoms with Crippen molar-refractivity contribution >= 4 is 17.4 Å². The van der Waals surface area contributed by atoms with Gasteiger partial charge in [-0.3, -0.25) is 0 Å². The van der Waals surface area contributed by atoms with Crippen LogP contribution >= 0.6 is 11.8 Å². The summed E-state index contributed by atoms with van der Waals surface area (Å²) in [6, 6.07) is 10.9. The summed E-state index contributed by atoms with van der Waals surface area (Å²) in [7, 11) is 0. The molecule has 1 aliphatic rings. The van der Waals surface area contributed by atoms with Gasteiger partial charge < -0.3 is 5.32 Å². The normalized spacial score (nSPS) is 21.6. The Bertz CT molecular complexity index is 563. The van der Waals surface area contributed by atoms with Crippen molar-refractivity contribution in [3.63, 3.8) is 0 Å². The first-order chi connectivity index (χ1) is 9.65. The molecule has 0 bridgehead atoms. The fraction of sp³-hybridized carbons (Fsp3) is 0.438. The molecule has 1 aliphatic heterocycles. The summed E-state index contributed by atoms with van der Waals surface area (Å²) in [4.78, 5) is 0. The second-order valence-corrected chi connectivity index (χ2v) is 7.16. The molecule has 1 saturated heterocycles. The van der Waals surface area contributed by atoms with E-state index in [9.17, 15) is 0 Å². The van der Waals surface area contributed by atoms with Crippen LogP contribution in [-0.2, 0) is 0 Å². The van der Waals surface area contributed by atoms with Gasteiger partial charge in [-0.15, -0.1) is 0 Å². The van der Waals surface area contributed by atoms with Crippen LogP contribution in [0.4, 0.5) is 5.69 Å². The first-order valence-corrected chi connectivity index (χ1v) is 8.25. The van der Waals surface area contributed by atoms with Gasteiger partial charge in [-0.25, -0.2) is 4.68 Å². The van der Waals surface area contributed by atoms with Crippen LogP contribution in [0.3, 0.4) is 0 Å². The van der Waals surface area contributed by atoms with Gasteiger partial charge in [-0.2, -0.15) is 16.9 Å². The number of hydrogen-bond donors (Lipinski definition) is 1. The lowest BCUT2D eigenvalue weighted by Crippen LogP contribution is -2.41. The molecule has 3 rings (SSSR count). The summed E-state index contributed by atoms with van der Waals surface area (Å²) in [5, 5.41) is 8.00. The second-order valence-electron chi connectivity index (χ2n) is 6.01. The predicted octanol–water partition coefficient (Wildman–Crippen LogP) is 3.82. The van der Waals surface area contributed by atoms with Crippen LogP contribution in [-0.4, -0.2) is 27.3 Å². The Kier molecular flexibility index (Phi) is 3.74. The van der Waals surface area contributed by atoms with Crippen molar-refractivity contribution in [3.05, 3.63) is 42.7 Å². The van der Waals surface area contributed by atoms with Crippen molar-refractivity contribution < 1.29 is 0 Å². The molecule has 4 heteroatoms. The summed E-state index contributed by atoms with van der Waals surface area (Å²) in [5.41, 5.74) is 2.63. The zero-order chi connectivity index (χ0) is 14.0. The van der Waals surface area contributed by atoms with E-state index < -0.39 is 0 Å². The number of benzene rings is 1. The molecule has 0 amide bonds. The van der Waals surface area contributed by atoms with E-state index in [1.54, 1.807) is 6.20 Å². The minimum Gasteiger partial charge on any atom is -0.381 e. The molecule has 20 heavy (non-hydrogen) atoms. The molecule has 1 atom stereocenters. The Morgan fingerprint density at radius 3 is 3.00 bits per heavy atom. The van der Waals surface area contributed by atoms with Crippen LogP contribution in [0.2, 0.25) is 0 Å². The second kappa shape index (κ2) is 5.52. The van der Waals surface area contributed by atoms with Crippen LogP contribution in [0.5, 0.6) is 0 Å². The number of aromatic nitrogens is 2. The standard InChI is InChI=1S/C16H21N3S/c1-16(2)7-10-20-12-15(16)18-13-5-3-6-14(11-13)19-9-4-8-17-19/h3-6,8-9,11,15,18H,7,10,12H2,1-2H3. The quantitative estimate of drug-likeness (QED) is 0.931. The Hall–Kier alpha value is -1.42. The number of nitrogens with zero attached hydrogens (tertiary/aromatic N) is 2. The van der Waals surface area contributed by atoms with E-state index in [1.165, 1.54) is 23.6 Å². The third-order valence-corrected chi connectivity index (χ3v) is 5.14. The molecular weight excluding hydrogens is 266 g/mol. The van der Waals surface area contributed by atoms with E-state index in [1.807, 2.05) is 28.7 Å². The molecule has 2 aromatic rings. The minimum atomic E-state index is 0.354. The smallest absolute Gasteiger partial charge is 0.0666 e. The molecule has 0 radical (unpaired) electrons. The Labute approximate surface area is 124 Å². The van der Waals surface area contributed by atoms with Gasteiger partial charge in [-0.05, 0) is 41.9 Å². The average Bonchev–Trinajstić information content (AvgIpc) is 2.96. The van der Waals surface area contributed by atoms with Gasteiger partial charge in [-0.1, -0.05) is 19.9 Å². The van der Waals surface area contributed by atoms with Crippen molar-refractivity contribution in [2.45, 2.75) is 26.3 Å². The highest BCUT2D eigenvalue weighted by Gasteiger charge is 2.32. The van der Waals surface area contributed by atoms with Gasteiger partial charge in [0, 0.05) is 29.9 Å². The van der Waals surface area contributed by atoms with Gasteiger partial charge in [0.15, 0.2) is 0 Å². The summed E-state index contributed by atoms with van der Waals surface area (Å²) in [5.74, 6) is 2.46. The number of hydrogen-bond acceptors (Lipinski definition) is 3. The number of rotatable bonds is 3. The van der Waals surface area contributed by atoms with Gasteiger partial charge >= 0.3 is 0 Å². The van der Waals surface area contributed by atoms with E-state index in [0.29, 0.717) is 11.5 Å². The van der Waals surface area contributed by atoms with E-state index >= 15 is 0 Å². The fourth-order valence-corrected chi connectivity index (χ4v) is 4.14. The summed E-state index contributed by atoms with van der Waals surface area (Å²) >= 11 is 2.05. The topological polar surface area (TPSA) is 29.9 Å². The van der Waals surface area contributed by atoms with Gasteiger partial charge in [0.05, 0.1) is 5.69 Å². The highest BCUT2D eigenvalue weighted by atomic mass is 32.2. The molecule has 2 heterocycles. The molecule has 1 fully saturated rings. The van der Waals surface area contributed by atoms with E-state index in [2.05, 4.69) is 48.5 Å². The molecule has 106 valence electrons. The SMILES string of the molecule is CC1(C)CCSCC1Nc1cccc(-n2cccn2)c1. The summed E-state index contributed by atoms with van der Waals surface area (Å²) < 4.78 is 1.89. The van der Waals surface area contributed by atoms with Crippen LogP contribution < -0.4 is 5.32 Å². The van der Waals surface area contributed by atoms with Crippen molar-refractivity contribution in [1.29, 1.82) is 0 Å². The summed E-state index contributed by atoms with van der Waals surface area (Å²) in [6.07, 6.45) is 5.05. The van der Waals surface area contributed by atoms with Gasteiger partial charge in [0.2, 0.25) is 0 Å². The maximum Gasteiger partial charge on any atom is 0.0666 e. The number of nitrogens with one attached hydrogen (secondary N) is 1. The largest absolute Gasteiger partial charge is 0.381 e. The number of anilines is 1. The zero-order valence-corrected chi connectivity index (χ0v) is 12.9. The molecule has 3 nitrogen and oxygen atoms in total. The zero-order valence-electron chi connectivity index (χ0n) is 12.0. The maximum atomic E-state index is 4.29. The van der Waals surface area contributed by atoms with Crippen LogP contribution in [0, 0.1) is 5.41 Å². The average molecular weight is 287 g/mol. The third kappa shape index (κ3) is 2.85. The third-order valence-electron chi connectivity index (χ3n) is 4.07. The lowest BCUT2D eigenvalue weighted by atomic mass is 9.82. The predicted molar refractivity (Wildman–Crippen MR) is 86.7 cm³/mol. The molecule has 1 aromatic carbocycles. The molecular formula is C16H21N3S. The van der Waals surface area contributed by atoms with Crippen molar-refractivity contribution in [2.75, 3.05) is 16.8 Å². The van der Waals surface area contributed by atoms with Crippen LogP contribution in [0.15, 0.2) is 42.7 Å². The van der Waals surface area contributed by atoms with Gasteiger partial charge in [0.25, 0.3) is 0 Å². The van der Waals surface area contributed by atoms with Crippen molar-refractivity contribution in [3.8, 4) is 5.69 Å². The molecule has 0 saturated carbocycles. The van der Waals surface area contributed by atoms with Crippen molar-refractivity contribution in [1.82, 2.24) is 9.78 Å². The Morgan fingerprint density at radius 2 is 2.25 bits per heavy atom. The first kappa shape index (κ1) is 13.6. The summed E-state index contributed by atoms with van der Waals surface area (Å²) in [6.45, 7) is 4.73. The van der Waals surface area contributed by atoms with Crippen LogP contribution in [0.1, 0.15) is 20.3 Å². The molecule has 0 aliphatic carbocycles. The lowest BCUT2D eigenvalue weighted by molar-refractivity contribution is 0.305. The molecule has 1 aromatic heterocycles. The maximum absolute atomic E-state index is 4.29. The number of thioether (sulfide) groups is 1. The lowest BCUT2D eigenvalue weighted by Gasteiger charge is -2.39. The first-order valence-electron chi connectivity index (χ1n) is 7.09. The molecule has 1 N–H and O–H groups in total. The van der Waals surface area contributed by atoms with Crippen molar-refractivity contribution in [2.24, 2.45) is 5.41 Å². The Morgan fingerprint density at radius 1 is 1.35 bits per heavy atom. The van der Waals surface area contributed by atoms with Gasteiger partial charge in [0.1, 0.15) is 0 Å². The minimum absolute atomic E-state index is 0.354. The van der Waals surface area contributed by atoms with E-state index in [4.69, 9.17) is 0 Å². The highest BCUT2D eigenvalue weighted by molar-refractivity contribution is 7.99. The molecule has 1 unspecified atom stereocenters.